The molecule has 0 aliphatic carbocycles. The number of carbonyl (C=O) groups is 1. The molecule has 1 aliphatic heterocycles. The van der Waals surface area contributed by atoms with E-state index in [1.165, 1.54) is 0 Å². The summed E-state index contributed by atoms with van der Waals surface area (Å²) in [5, 5.41) is 3.34. The lowest BCUT2D eigenvalue weighted by Gasteiger charge is -2.33. The number of hydrogen-bond acceptors (Lipinski definition) is 5. The molecule has 1 fully saturated rings. The molecule has 6 nitrogen and oxygen atoms in total. The van der Waals surface area contributed by atoms with E-state index >= 15 is 0 Å². The van der Waals surface area contributed by atoms with Crippen molar-refractivity contribution in [3.63, 3.8) is 0 Å². The van der Waals surface area contributed by atoms with E-state index in [9.17, 15) is 4.79 Å². The lowest BCUT2D eigenvalue weighted by Crippen LogP contribution is -2.42. The molecule has 23 heavy (non-hydrogen) atoms. The van der Waals surface area contributed by atoms with Gasteiger partial charge in [0.25, 0.3) is 0 Å². The van der Waals surface area contributed by atoms with Crippen molar-refractivity contribution < 1.29 is 9.53 Å². The smallest absolute Gasteiger partial charge is 0.407 e. The highest BCUT2D eigenvalue weighted by Crippen LogP contribution is 2.22. The second kappa shape index (κ2) is 7.34. The molecule has 1 aliphatic rings. The van der Waals surface area contributed by atoms with E-state index in [0.717, 1.165) is 31.5 Å². The van der Waals surface area contributed by atoms with Crippen LogP contribution in [0.1, 0.15) is 39.2 Å². The fourth-order valence-corrected chi connectivity index (χ4v) is 2.64. The van der Waals surface area contributed by atoms with Gasteiger partial charge in [-0.1, -0.05) is 11.6 Å². The van der Waals surface area contributed by atoms with Crippen molar-refractivity contribution in [1.82, 2.24) is 15.3 Å². The van der Waals surface area contributed by atoms with Crippen LogP contribution in [0.4, 0.5) is 10.7 Å². The SMILES string of the molecule is Cc1cnc(N2CCC[C@@H](CNC(=O)OC(C)(C)C)C2)nc1Cl. The Bertz CT molecular complexity index is 560. The second-order valence-corrected chi connectivity index (χ2v) is 7.34. The minimum absolute atomic E-state index is 0.347. The third kappa shape index (κ3) is 5.53. The maximum absolute atomic E-state index is 11.7. The largest absolute Gasteiger partial charge is 0.444 e. The Morgan fingerprint density at radius 3 is 2.91 bits per heavy atom. The normalized spacial score (nSPS) is 18.7. The summed E-state index contributed by atoms with van der Waals surface area (Å²) in [5.74, 6) is 1.00. The number of hydrogen-bond donors (Lipinski definition) is 1. The van der Waals surface area contributed by atoms with Gasteiger partial charge in [0.2, 0.25) is 5.95 Å². The minimum atomic E-state index is -0.477. The molecule has 0 saturated carbocycles. The van der Waals surface area contributed by atoms with E-state index < -0.39 is 5.60 Å². The number of nitrogens with one attached hydrogen (secondary N) is 1. The van der Waals surface area contributed by atoms with E-state index in [4.69, 9.17) is 16.3 Å². The van der Waals surface area contributed by atoms with Gasteiger partial charge in [-0.2, -0.15) is 0 Å². The highest BCUT2D eigenvalue weighted by molar-refractivity contribution is 6.30. The van der Waals surface area contributed by atoms with Crippen LogP contribution < -0.4 is 10.2 Å². The molecule has 0 unspecified atom stereocenters. The van der Waals surface area contributed by atoms with Crippen LogP contribution in [0, 0.1) is 12.8 Å². The molecule has 128 valence electrons. The fraction of sp³-hybridized carbons (Fsp3) is 0.688. The molecule has 0 radical (unpaired) electrons. The van der Waals surface area contributed by atoms with Gasteiger partial charge in [-0.05, 0) is 46.5 Å². The van der Waals surface area contributed by atoms with Gasteiger partial charge in [0, 0.05) is 31.4 Å². The molecule has 1 atom stereocenters. The molecule has 0 bridgehead atoms. The number of nitrogens with zero attached hydrogens (tertiary/aromatic N) is 3. The number of aromatic nitrogens is 2. The minimum Gasteiger partial charge on any atom is -0.444 e. The number of anilines is 1. The summed E-state index contributed by atoms with van der Waals surface area (Å²) in [7, 11) is 0. The van der Waals surface area contributed by atoms with Crippen molar-refractivity contribution in [2.45, 2.75) is 46.1 Å². The quantitative estimate of drug-likeness (QED) is 0.856. The van der Waals surface area contributed by atoms with Gasteiger partial charge >= 0.3 is 6.09 Å². The molecule has 0 spiro atoms. The number of ether oxygens (including phenoxy) is 1. The van der Waals surface area contributed by atoms with Crippen molar-refractivity contribution in [3.05, 3.63) is 16.9 Å². The molecular weight excluding hydrogens is 316 g/mol. The molecule has 1 aromatic heterocycles. The highest BCUT2D eigenvalue weighted by Gasteiger charge is 2.23. The van der Waals surface area contributed by atoms with Gasteiger partial charge < -0.3 is 15.0 Å². The van der Waals surface area contributed by atoms with Crippen LogP contribution >= 0.6 is 11.6 Å². The van der Waals surface area contributed by atoms with E-state index in [1.807, 2.05) is 27.7 Å². The first kappa shape index (κ1) is 17.8. The Morgan fingerprint density at radius 2 is 2.26 bits per heavy atom. The number of aryl methyl sites for hydroxylation is 1. The van der Waals surface area contributed by atoms with Crippen LogP contribution in [0.25, 0.3) is 0 Å². The van der Waals surface area contributed by atoms with Gasteiger partial charge in [-0.3, -0.25) is 0 Å². The van der Waals surface area contributed by atoms with Crippen LogP contribution in [0.5, 0.6) is 0 Å². The predicted molar refractivity (Wildman–Crippen MR) is 91.0 cm³/mol. The molecular formula is C16H25ClN4O2. The molecule has 1 saturated heterocycles. The first-order valence-electron chi connectivity index (χ1n) is 7.95. The topological polar surface area (TPSA) is 67.4 Å². The highest BCUT2D eigenvalue weighted by atomic mass is 35.5. The maximum Gasteiger partial charge on any atom is 0.407 e. The maximum atomic E-state index is 11.7. The Hall–Kier alpha value is -1.56. The number of piperidine rings is 1. The predicted octanol–water partition coefficient (Wildman–Crippen LogP) is 3.18. The Kier molecular flexibility index (Phi) is 5.68. The summed E-state index contributed by atoms with van der Waals surface area (Å²) in [5.41, 5.74) is 0.394. The Labute approximate surface area is 142 Å². The monoisotopic (exact) mass is 340 g/mol. The summed E-state index contributed by atoms with van der Waals surface area (Å²) in [4.78, 5) is 22.6. The molecule has 1 amide bonds. The lowest BCUT2D eigenvalue weighted by molar-refractivity contribution is 0.0517. The van der Waals surface area contributed by atoms with Crippen molar-refractivity contribution >= 4 is 23.6 Å². The van der Waals surface area contributed by atoms with E-state index in [1.54, 1.807) is 6.20 Å². The number of amides is 1. The van der Waals surface area contributed by atoms with Crippen LogP contribution in [0.2, 0.25) is 5.15 Å². The molecule has 2 rings (SSSR count). The molecule has 7 heteroatoms. The van der Waals surface area contributed by atoms with Gasteiger partial charge in [-0.25, -0.2) is 14.8 Å². The number of alkyl carbamates (subject to hydrolysis) is 1. The second-order valence-electron chi connectivity index (χ2n) is 6.98. The molecule has 1 N–H and O–H groups in total. The van der Waals surface area contributed by atoms with E-state index in [0.29, 0.717) is 23.6 Å². The van der Waals surface area contributed by atoms with Crippen molar-refractivity contribution in [1.29, 1.82) is 0 Å². The summed E-state index contributed by atoms with van der Waals surface area (Å²) in [6.45, 7) is 9.74. The van der Waals surface area contributed by atoms with Crippen LogP contribution in [-0.2, 0) is 4.74 Å². The third-order valence-corrected chi connectivity index (χ3v) is 4.02. The molecule has 2 heterocycles. The zero-order chi connectivity index (χ0) is 17.0. The zero-order valence-corrected chi connectivity index (χ0v) is 15.0. The first-order valence-corrected chi connectivity index (χ1v) is 8.33. The van der Waals surface area contributed by atoms with Gasteiger partial charge in [-0.15, -0.1) is 0 Å². The lowest BCUT2D eigenvalue weighted by atomic mass is 9.98. The van der Waals surface area contributed by atoms with Crippen molar-refractivity contribution in [2.75, 3.05) is 24.5 Å². The molecule has 0 aromatic carbocycles. The van der Waals surface area contributed by atoms with Crippen LogP contribution in [-0.4, -0.2) is 41.3 Å². The summed E-state index contributed by atoms with van der Waals surface area (Å²) >= 11 is 6.08. The summed E-state index contributed by atoms with van der Waals surface area (Å²) in [6, 6.07) is 0. The van der Waals surface area contributed by atoms with Crippen molar-refractivity contribution in [2.24, 2.45) is 5.92 Å². The standard InChI is InChI=1S/C16H25ClN4O2/c1-11-8-18-14(20-13(11)17)21-7-5-6-12(10-21)9-19-15(22)23-16(2,3)4/h8,12H,5-7,9-10H2,1-4H3,(H,19,22)/t12-/m0/s1. The third-order valence-electron chi connectivity index (χ3n) is 3.63. The summed E-state index contributed by atoms with van der Waals surface area (Å²) in [6.07, 6.45) is 3.47. The van der Waals surface area contributed by atoms with E-state index in [-0.39, 0.29) is 6.09 Å². The van der Waals surface area contributed by atoms with Gasteiger partial charge in [0.15, 0.2) is 0 Å². The number of halogens is 1. The average molecular weight is 341 g/mol. The zero-order valence-electron chi connectivity index (χ0n) is 14.2. The van der Waals surface area contributed by atoms with Crippen molar-refractivity contribution in [3.8, 4) is 0 Å². The van der Waals surface area contributed by atoms with Gasteiger partial charge in [0.1, 0.15) is 10.8 Å². The Balaban J connectivity index is 1.88. The number of carbonyl (C=O) groups excluding carboxylic acids is 1. The van der Waals surface area contributed by atoms with E-state index in [2.05, 4.69) is 20.2 Å². The first-order chi connectivity index (χ1) is 10.7. The summed E-state index contributed by atoms with van der Waals surface area (Å²) < 4.78 is 5.26. The Morgan fingerprint density at radius 1 is 1.52 bits per heavy atom. The number of rotatable bonds is 3. The van der Waals surface area contributed by atoms with Crippen LogP contribution in [0.15, 0.2) is 6.20 Å². The molecule has 1 aromatic rings. The van der Waals surface area contributed by atoms with Crippen LogP contribution in [0.3, 0.4) is 0 Å². The average Bonchev–Trinajstić information content (AvgIpc) is 2.46. The fourth-order valence-electron chi connectivity index (χ4n) is 2.52. The van der Waals surface area contributed by atoms with Gasteiger partial charge in [0.05, 0.1) is 0 Å².